The molecule has 2 heteroatoms. The lowest BCUT2D eigenvalue weighted by Crippen LogP contribution is -2.28. The Morgan fingerprint density at radius 3 is 1.46 bits per heavy atom. The summed E-state index contributed by atoms with van der Waals surface area (Å²) >= 11 is 0. The van der Waals surface area contributed by atoms with Crippen LogP contribution in [0.2, 0.25) is 0 Å². The lowest BCUT2D eigenvalue weighted by molar-refractivity contribution is -0.438. The third kappa shape index (κ3) is 16.8. The van der Waals surface area contributed by atoms with Gasteiger partial charge in [-0.1, -0.05) is 204 Å². The third-order valence-electron chi connectivity index (χ3n) is 13.9. The van der Waals surface area contributed by atoms with Crippen molar-refractivity contribution in [3.05, 3.63) is 108 Å². The molecule has 2 aromatic carbocycles. The number of para-hydroxylation sites is 2. The van der Waals surface area contributed by atoms with Gasteiger partial charge in [0.2, 0.25) is 5.69 Å². The first-order valence-corrected chi connectivity index (χ1v) is 26.1. The largest absolute Gasteiger partial charge is 0.344 e. The topological polar surface area (TPSA) is 6.25 Å². The molecule has 4 rings (SSSR count). The first kappa shape index (κ1) is 50.5. The summed E-state index contributed by atoms with van der Waals surface area (Å²) in [6.45, 7) is 16.5. The van der Waals surface area contributed by atoms with Crippen molar-refractivity contribution in [2.75, 3.05) is 18.0 Å². The number of rotatable bonds is 34. The highest BCUT2D eigenvalue weighted by Crippen LogP contribution is 2.48. The van der Waals surface area contributed by atoms with Crippen LogP contribution in [-0.4, -0.2) is 23.4 Å². The summed E-state index contributed by atoms with van der Waals surface area (Å²) in [5.41, 5.74) is 8.56. The molecular weight excluding hydrogens is 737 g/mol. The lowest BCUT2D eigenvalue weighted by atomic mass is 9.81. The summed E-state index contributed by atoms with van der Waals surface area (Å²) in [4.78, 5) is 2.65. The van der Waals surface area contributed by atoms with Crippen LogP contribution in [0.25, 0.3) is 0 Å². The average molecular weight is 830 g/mol. The van der Waals surface area contributed by atoms with Gasteiger partial charge in [0.25, 0.3) is 0 Å². The molecule has 61 heavy (non-hydrogen) atoms. The summed E-state index contributed by atoms with van der Waals surface area (Å²) in [5, 5.41) is 0. The summed E-state index contributed by atoms with van der Waals surface area (Å²) in [6.07, 6.45) is 54.8. The molecule has 2 nitrogen and oxygen atoms in total. The van der Waals surface area contributed by atoms with Gasteiger partial charge in [-0.2, -0.15) is 4.58 Å². The quantitative estimate of drug-likeness (QED) is 0.0387. The Hall–Kier alpha value is -3.13. The normalized spacial score (nSPS) is 16.4. The van der Waals surface area contributed by atoms with E-state index in [-0.39, 0.29) is 10.8 Å². The smallest absolute Gasteiger partial charge is 0.209 e. The molecule has 0 amide bonds. The van der Waals surface area contributed by atoms with Gasteiger partial charge in [0.15, 0.2) is 5.71 Å². The molecule has 0 bridgehead atoms. The fraction of sp³-hybridized carbons (Fsp3) is 0.644. The van der Waals surface area contributed by atoms with Gasteiger partial charge in [-0.3, -0.25) is 0 Å². The lowest BCUT2D eigenvalue weighted by Gasteiger charge is -2.27. The first-order valence-electron chi connectivity index (χ1n) is 26.1. The van der Waals surface area contributed by atoms with E-state index in [1.807, 2.05) is 0 Å². The van der Waals surface area contributed by atoms with Gasteiger partial charge in [-0.15, -0.1) is 0 Å². The molecule has 0 unspecified atom stereocenters. The maximum atomic E-state index is 2.65. The van der Waals surface area contributed by atoms with Crippen molar-refractivity contribution in [1.82, 2.24) is 0 Å². The highest BCUT2D eigenvalue weighted by atomic mass is 15.2. The van der Waals surface area contributed by atoms with Crippen LogP contribution in [0, 0.1) is 0 Å². The standard InChI is InChI=1S/C59H93N2/c1-7-9-11-13-15-17-19-21-23-25-27-29-31-33-35-41-50-60-54-46-39-37-44-52(54)58(3,4)56(60)48-43-49-57-59(5,6)53-45-38-40-47-55(53)61(57)51-42-36-34-32-30-28-26-24-22-20-18-16-14-12-10-8-2/h21-24,37-40,43-49H,7-20,25-36,41-42,50-51H2,1-6H3/q+1/b23-21+,24-22+. The highest BCUT2D eigenvalue weighted by molar-refractivity contribution is 6.03. The Labute approximate surface area is 378 Å². The van der Waals surface area contributed by atoms with Gasteiger partial charge >= 0.3 is 0 Å². The second kappa shape index (κ2) is 29.3. The molecule has 0 atom stereocenters. The number of hydrogen-bond acceptors (Lipinski definition) is 1. The summed E-state index contributed by atoms with van der Waals surface area (Å²) in [7, 11) is 0. The van der Waals surface area contributed by atoms with E-state index in [9.17, 15) is 0 Å². The Morgan fingerprint density at radius 1 is 0.475 bits per heavy atom. The van der Waals surface area contributed by atoms with Crippen molar-refractivity contribution in [1.29, 1.82) is 0 Å². The maximum absolute atomic E-state index is 2.65. The molecule has 0 N–H and O–H groups in total. The van der Waals surface area contributed by atoms with Crippen LogP contribution in [0.1, 0.15) is 232 Å². The molecule has 2 aromatic rings. The molecule has 0 aliphatic carbocycles. The number of allylic oxidation sites excluding steroid dienone is 8. The SMILES string of the molecule is CCCCCCCC/C=C/CCCCCCCCN1/C(=C\C=C\C2=[N+](CCCCCCCC/C=C/CCCCCCCC)c3ccccc3C2(C)C)C(C)(C)c2ccccc21. The fourth-order valence-corrected chi connectivity index (χ4v) is 10.0. The number of hydrogen-bond donors (Lipinski definition) is 0. The van der Waals surface area contributed by atoms with Gasteiger partial charge in [-0.05, 0) is 95.8 Å². The zero-order valence-corrected chi connectivity index (χ0v) is 40.8. The van der Waals surface area contributed by atoms with E-state index in [0.717, 1.165) is 13.1 Å². The minimum atomic E-state index is -0.0220. The van der Waals surface area contributed by atoms with Gasteiger partial charge in [0, 0.05) is 47.5 Å². The van der Waals surface area contributed by atoms with E-state index in [4.69, 9.17) is 0 Å². The molecule has 0 fully saturated rings. The van der Waals surface area contributed by atoms with E-state index < -0.39 is 0 Å². The number of anilines is 1. The minimum absolute atomic E-state index is 0.0220. The number of benzene rings is 2. The number of nitrogens with zero attached hydrogens (tertiary/aromatic N) is 2. The molecule has 0 radical (unpaired) electrons. The van der Waals surface area contributed by atoms with Crippen molar-refractivity contribution in [3.63, 3.8) is 0 Å². The molecular formula is C59H93N2+. The zero-order valence-electron chi connectivity index (χ0n) is 40.8. The van der Waals surface area contributed by atoms with E-state index in [1.54, 1.807) is 0 Å². The zero-order chi connectivity index (χ0) is 43.4. The molecule has 2 aliphatic rings. The summed E-state index contributed by atoms with van der Waals surface area (Å²) in [6, 6.07) is 18.3. The molecule has 0 spiro atoms. The predicted octanol–water partition coefficient (Wildman–Crippen LogP) is 18.4. The number of fused-ring (bicyclic) bond motifs is 2. The Balaban J connectivity index is 1.25. The van der Waals surface area contributed by atoms with Crippen LogP contribution >= 0.6 is 0 Å². The Bertz CT molecular complexity index is 1650. The van der Waals surface area contributed by atoms with Crippen LogP contribution in [-0.2, 0) is 10.8 Å². The maximum Gasteiger partial charge on any atom is 0.209 e. The Kier molecular flexibility index (Phi) is 24.2. The molecule has 0 saturated heterocycles. The summed E-state index contributed by atoms with van der Waals surface area (Å²) < 4.78 is 2.65. The second-order valence-corrected chi connectivity index (χ2v) is 19.8. The van der Waals surface area contributed by atoms with Crippen molar-refractivity contribution in [2.24, 2.45) is 0 Å². The Morgan fingerprint density at radius 2 is 0.918 bits per heavy atom. The van der Waals surface area contributed by atoms with Crippen molar-refractivity contribution in [3.8, 4) is 0 Å². The van der Waals surface area contributed by atoms with Gasteiger partial charge in [-0.25, -0.2) is 0 Å². The van der Waals surface area contributed by atoms with Crippen LogP contribution in [0.5, 0.6) is 0 Å². The fourth-order valence-electron chi connectivity index (χ4n) is 10.0. The van der Waals surface area contributed by atoms with Crippen LogP contribution in [0.15, 0.2) is 96.8 Å². The van der Waals surface area contributed by atoms with E-state index in [1.165, 1.54) is 214 Å². The van der Waals surface area contributed by atoms with Crippen LogP contribution in [0.4, 0.5) is 11.4 Å². The minimum Gasteiger partial charge on any atom is -0.344 e. The van der Waals surface area contributed by atoms with Crippen LogP contribution < -0.4 is 4.90 Å². The highest BCUT2D eigenvalue weighted by Gasteiger charge is 2.44. The molecule has 0 aromatic heterocycles. The first-order chi connectivity index (χ1) is 29.8. The molecule has 2 aliphatic heterocycles. The monoisotopic (exact) mass is 830 g/mol. The predicted molar refractivity (Wildman–Crippen MR) is 272 cm³/mol. The third-order valence-corrected chi connectivity index (χ3v) is 13.9. The average Bonchev–Trinajstić information content (AvgIpc) is 3.61. The van der Waals surface area contributed by atoms with E-state index in [0.29, 0.717) is 0 Å². The number of unbranched alkanes of at least 4 members (excludes halogenated alkanes) is 24. The van der Waals surface area contributed by atoms with Crippen molar-refractivity contribution < 1.29 is 4.58 Å². The van der Waals surface area contributed by atoms with E-state index >= 15 is 0 Å². The summed E-state index contributed by atoms with van der Waals surface area (Å²) in [5.74, 6) is 0. The molecule has 0 saturated carbocycles. The second-order valence-electron chi connectivity index (χ2n) is 19.8. The van der Waals surface area contributed by atoms with Gasteiger partial charge in [0.1, 0.15) is 6.54 Å². The van der Waals surface area contributed by atoms with Crippen molar-refractivity contribution >= 4 is 17.1 Å². The van der Waals surface area contributed by atoms with E-state index in [2.05, 4.69) is 142 Å². The molecule has 338 valence electrons. The van der Waals surface area contributed by atoms with Gasteiger partial charge < -0.3 is 4.90 Å². The van der Waals surface area contributed by atoms with Gasteiger partial charge in [0.05, 0.1) is 5.41 Å². The van der Waals surface area contributed by atoms with Crippen LogP contribution in [0.3, 0.4) is 0 Å². The molecule has 2 heterocycles. The van der Waals surface area contributed by atoms with Crippen molar-refractivity contribution in [2.45, 2.75) is 232 Å².